The molecule has 0 spiro atoms. The molecule has 0 unspecified atom stereocenters. The van der Waals surface area contributed by atoms with Crippen molar-refractivity contribution in [3.8, 4) is 5.75 Å². The van der Waals surface area contributed by atoms with Crippen LogP contribution >= 0.6 is 0 Å². The number of carbonyl (C=O) groups excluding carboxylic acids is 2. The van der Waals surface area contributed by atoms with Crippen molar-refractivity contribution < 1.29 is 28.6 Å². The summed E-state index contributed by atoms with van der Waals surface area (Å²) in [6, 6.07) is 4.89. The van der Waals surface area contributed by atoms with Gasteiger partial charge in [0, 0.05) is 6.07 Å². The zero-order valence-corrected chi connectivity index (χ0v) is 15.7. The van der Waals surface area contributed by atoms with Gasteiger partial charge in [0.05, 0.1) is 11.9 Å². The molecule has 2 aromatic rings. The summed E-state index contributed by atoms with van der Waals surface area (Å²) < 4.78 is 10.9. The van der Waals surface area contributed by atoms with Gasteiger partial charge in [-0.05, 0) is 36.6 Å². The maximum atomic E-state index is 11.9. The number of benzene rings is 1. The quantitative estimate of drug-likeness (QED) is 0.538. The predicted molar refractivity (Wildman–Crippen MR) is 100 cm³/mol. The molecule has 2 amide bonds. The van der Waals surface area contributed by atoms with Crippen LogP contribution in [0.2, 0.25) is 0 Å². The van der Waals surface area contributed by atoms with Crippen molar-refractivity contribution in [2.24, 2.45) is 0 Å². The molecular formula is C19H22N2O7. The summed E-state index contributed by atoms with van der Waals surface area (Å²) in [6.45, 7) is 2.56. The SMILES string of the molecule is CCCc1cc(=O)oc2cc(C)cc(OCC(=O)NCC(=O)NCC(=O)O)c12. The van der Waals surface area contributed by atoms with Gasteiger partial charge in [0.15, 0.2) is 6.61 Å². The monoisotopic (exact) mass is 390 g/mol. The molecule has 3 N–H and O–H groups in total. The molecule has 9 heteroatoms. The average Bonchev–Trinajstić information content (AvgIpc) is 2.62. The zero-order chi connectivity index (χ0) is 20.7. The van der Waals surface area contributed by atoms with Crippen LogP contribution in [-0.4, -0.2) is 42.6 Å². The summed E-state index contributed by atoms with van der Waals surface area (Å²) in [6.07, 6.45) is 1.47. The highest BCUT2D eigenvalue weighted by molar-refractivity contribution is 5.89. The third-order valence-corrected chi connectivity index (χ3v) is 3.80. The Morgan fingerprint density at radius 1 is 1.11 bits per heavy atom. The number of fused-ring (bicyclic) bond motifs is 1. The van der Waals surface area contributed by atoms with Gasteiger partial charge in [-0.25, -0.2) is 4.79 Å². The first kappa shape index (κ1) is 20.9. The minimum Gasteiger partial charge on any atom is -0.483 e. The van der Waals surface area contributed by atoms with Crippen molar-refractivity contribution in [1.29, 1.82) is 0 Å². The molecular weight excluding hydrogens is 368 g/mol. The van der Waals surface area contributed by atoms with E-state index in [0.717, 1.165) is 17.5 Å². The lowest BCUT2D eigenvalue weighted by atomic mass is 10.0. The number of ether oxygens (including phenoxy) is 1. The van der Waals surface area contributed by atoms with Crippen LogP contribution < -0.4 is 21.0 Å². The van der Waals surface area contributed by atoms with Gasteiger partial charge in [0.25, 0.3) is 5.91 Å². The molecule has 0 aliphatic rings. The molecule has 0 fully saturated rings. The largest absolute Gasteiger partial charge is 0.483 e. The molecule has 1 aromatic heterocycles. The van der Waals surface area contributed by atoms with Gasteiger partial charge < -0.3 is 24.9 Å². The standard InChI is InChI=1S/C19H22N2O7/c1-3-4-12-7-18(26)28-14-6-11(2)5-13(19(12)14)27-10-16(23)20-8-15(22)21-9-17(24)25/h5-7H,3-4,8-10H2,1-2H3,(H,20,23)(H,21,22)(H,24,25). The molecule has 0 saturated heterocycles. The second-order valence-electron chi connectivity index (χ2n) is 6.21. The van der Waals surface area contributed by atoms with Gasteiger partial charge in [0.1, 0.15) is 17.9 Å². The van der Waals surface area contributed by atoms with Crippen LogP contribution in [0.25, 0.3) is 11.0 Å². The van der Waals surface area contributed by atoms with Gasteiger partial charge in [-0.1, -0.05) is 13.3 Å². The number of nitrogens with one attached hydrogen (secondary N) is 2. The molecule has 2 rings (SSSR count). The molecule has 0 aliphatic carbocycles. The topological polar surface area (TPSA) is 135 Å². The summed E-state index contributed by atoms with van der Waals surface area (Å²) >= 11 is 0. The first-order chi connectivity index (χ1) is 13.3. The summed E-state index contributed by atoms with van der Waals surface area (Å²) in [4.78, 5) is 45.5. The highest BCUT2D eigenvalue weighted by Crippen LogP contribution is 2.30. The van der Waals surface area contributed by atoms with Crippen LogP contribution in [0.3, 0.4) is 0 Å². The Morgan fingerprint density at radius 2 is 1.82 bits per heavy atom. The molecule has 0 saturated carbocycles. The number of rotatable bonds is 9. The number of amides is 2. The van der Waals surface area contributed by atoms with E-state index in [2.05, 4.69) is 10.6 Å². The van der Waals surface area contributed by atoms with Crippen molar-refractivity contribution in [2.75, 3.05) is 19.7 Å². The van der Waals surface area contributed by atoms with Gasteiger partial charge in [-0.15, -0.1) is 0 Å². The van der Waals surface area contributed by atoms with E-state index in [4.69, 9.17) is 14.3 Å². The number of carboxylic acids is 1. The second kappa shape index (κ2) is 9.54. The molecule has 9 nitrogen and oxygen atoms in total. The van der Waals surface area contributed by atoms with Gasteiger partial charge in [-0.2, -0.15) is 0 Å². The molecule has 0 aliphatic heterocycles. The summed E-state index contributed by atoms with van der Waals surface area (Å²) in [5, 5.41) is 13.6. The van der Waals surface area contributed by atoms with Crippen LogP contribution in [0.1, 0.15) is 24.5 Å². The van der Waals surface area contributed by atoms with E-state index in [1.54, 1.807) is 12.1 Å². The van der Waals surface area contributed by atoms with Crippen molar-refractivity contribution in [2.45, 2.75) is 26.7 Å². The van der Waals surface area contributed by atoms with Crippen LogP contribution in [0.5, 0.6) is 5.75 Å². The molecule has 0 atom stereocenters. The van der Waals surface area contributed by atoms with E-state index < -0.39 is 30.0 Å². The van der Waals surface area contributed by atoms with E-state index >= 15 is 0 Å². The van der Waals surface area contributed by atoms with Crippen molar-refractivity contribution >= 4 is 28.8 Å². The van der Waals surface area contributed by atoms with Crippen LogP contribution in [0.4, 0.5) is 0 Å². The van der Waals surface area contributed by atoms with Gasteiger partial charge in [0.2, 0.25) is 5.91 Å². The van der Waals surface area contributed by atoms with E-state index in [9.17, 15) is 19.2 Å². The highest BCUT2D eigenvalue weighted by Gasteiger charge is 2.14. The molecule has 0 radical (unpaired) electrons. The van der Waals surface area contributed by atoms with E-state index in [0.29, 0.717) is 23.1 Å². The molecule has 1 heterocycles. The Balaban J connectivity index is 2.09. The maximum Gasteiger partial charge on any atom is 0.336 e. The lowest BCUT2D eigenvalue weighted by molar-refractivity contribution is -0.137. The van der Waals surface area contributed by atoms with E-state index in [-0.39, 0.29) is 13.2 Å². The van der Waals surface area contributed by atoms with Gasteiger partial charge in [-0.3, -0.25) is 14.4 Å². The number of aliphatic carboxylic acids is 1. The van der Waals surface area contributed by atoms with Crippen LogP contribution in [0.15, 0.2) is 27.4 Å². The fraction of sp³-hybridized carbons (Fsp3) is 0.368. The maximum absolute atomic E-state index is 11.9. The van der Waals surface area contributed by atoms with E-state index in [1.807, 2.05) is 13.8 Å². The first-order valence-corrected chi connectivity index (χ1v) is 8.75. The number of carbonyl (C=O) groups is 3. The predicted octanol–water partition coefficient (Wildman–Crippen LogP) is 0.750. The van der Waals surface area contributed by atoms with Crippen LogP contribution in [0, 0.1) is 6.92 Å². The van der Waals surface area contributed by atoms with Crippen molar-refractivity contribution in [3.05, 3.63) is 39.7 Å². The van der Waals surface area contributed by atoms with Crippen LogP contribution in [-0.2, 0) is 20.8 Å². The second-order valence-corrected chi connectivity index (χ2v) is 6.21. The van der Waals surface area contributed by atoms with E-state index in [1.165, 1.54) is 6.07 Å². The molecule has 1 aromatic carbocycles. The Labute approximate surface area is 160 Å². The fourth-order valence-corrected chi connectivity index (χ4v) is 2.66. The average molecular weight is 390 g/mol. The summed E-state index contributed by atoms with van der Waals surface area (Å²) in [5.41, 5.74) is 1.52. The number of hydrogen-bond acceptors (Lipinski definition) is 6. The third kappa shape index (κ3) is 5.83. The Kier molecular flexibility index (Phi) is 7.14. The first-order valence-electron chi connectivity index (χ1n) is 8.75. The molecule has 28 heavy (non-hydrogen) atoms. The van der Waals surface area contributed by atoms with Gasteiger partial charge >= 0.3 is 11.6 Å². The Morgan fingerprint density at radius 3 is 2.50 bits per heavy atom. The molecule has 0 bridgehead atoms. The highest BCUT2D eigenvalue weighted by atomic mass is 16.5. The van der Waals surface area contributed by atoms with Crippen molar-refractivity contribution in [1.82, 2.24) is 10.6 Å². The number of hydrogen-bond donors (Lipinski definition) is 3. The lowest BCUT2D eigenvalue weighted by Gasteiger charge is -2.13. The fourth-order valence-electron chi connectivity index (χ4n) is 2.66. The number of carboxylic acid groups (broad SMARTS) is 1. The lowest BCUT2D eigenvalue weighted by Crippen LogP contribution is -2.40. The normalized spacial score (nSPS) is 10.5. The third-order valence-electron chi connectivity index (χ3n) is 3.80. The van der Waals surface area contributed by atoms with Crippen molar-refractivity contribution in [3.63, 3.8) is 0 Å². The minimum atomic E-state index is -1.18. The minimum absolute atomic E-state index is 0.352. The molecule has 150 valence electrons. The number of aryl methyl sites for hydroxylation is 2. The zero-order valence-electron chi connectivity index (χ0n) is 15.7. The Bertz CT molecular complexity index is 949. The summed E-state index contributed by atoms with van der Waals surface area (Å²) in [5.74, 6) is -1.94. The summed E-state index contributed by atoms with van der Waals surface area (Å²) in [7, 11) is 0. The Hall–Kier alpha value is -3.36. The smallest absolute Gasteiger partial charge is 0.336 e.